The molecule has 3 heterocycles. The molecule has 1 saturated heterocycles. The highest BCUT2D eigenvalue weighted by Gasteiger charge is 2.54. The standard InChI is InChI=1S/C31H39N6O9P/c1-17(2)23(28(39)43-14-18-12-13-18)36-47(41,46-21-11-7-9-19-8-5-6-10-20(19)21)44-15-22-25(38)31(3,40)29(45-22)37-16-33-24-26(37)34-30(32)35-27(24)42-4/h5-11,16-18,22-23,25,29,38,40H,12-15H2,1-4H3,(H,36,41)(H2,32,34,35)/t22-,23+,25-,29?,31-,47?/m1/s1. The normalized spacial score (nSPS) is 24.8. The number of hydrogen-bond acceptors (Lipinski definition) is 13. The summed E-state index contributed by atoms with van der Waals surface area (Å²) in [5.41, 5.74) is 4.43. The first-order chi connectivity index (χ1) is 22.4. The second-order valence-electron chi connectivity index (χ2n) is 12.4. The van der Waals surface area contributed by atoms with Gasteiger partial charge in [-0.3, -0.25) is 13.9 Å². The first-order valence-corrected chi connectivity index (χ1v) is 16.9. The summed E-state index contributed by atoms with van der Waals surface area (Å²) in [5.74, 6) is -0.323. The first-order valence-electron chi connectivity index (χ1n) is 15.4. The number of nitrogens with one attached hydrogen (secondary N) is 1. The molecule has 252 valence electrons. The Morgan fingerprint density at radius 3 is 2.66 bits per heavy atom. The van der Waals surface area contributed by atoms with Gasteiger partial charge in [-0.25, -0.2) is 9.55 Å². The second kappa shape index (κ2) is 13.0. The van der Waals surface area contributed by atoms with Gasteiger partial charge in [-0.05, 0) is 43.1 Å². The van der Waals surface area contributed by atoms with Crippen LogP contribution >= 0.6 is 7.75 Å². The summed E-state index contributed by atoms with van der Waals surface area (Å²) >= 11 is 0. The molecule has 2 unspecified atom stereocenters. The van der Waals surface area contributed by atoms with Crippen molar-refractivity contribution in [1.82, 2.24) is 24.6 Å². The molecule has 2 fully saturated rings. The SMILES string of the molecule is COc1nc(N)nc2c1ncn2C1O[C@H](COP(=O)(N[C@H](C(=O)OCC2CC2)C(C)C)Oc2cccc3ccccc23)[C@@H](O)[C@@]1(C)O. The van der Waals surface area contributed by atoms with Crippen molar-refractivity contribution >= 4 is 41.6 Å². The summed E-state index contributed by atoms with van der Waals surface area (Å²) < 4.78 is 44.9. The number of esters is 1. The fraction of sp³-hybridized carbons (Fsp3) is 0.484. The van der Waals surface area contributed by atoms with Crippen molar-refractivity contribution in [1.29, 1.82) is 0 Å². The number of aliphatic hydroxyl groups is 2. The maximum atomic E-state index is 14.6. The molecular weight excluding hydrogens is 631 g/mol. The number of anilines is 1. The zero-order chi connectivity index (χ0) is 33.5. The predicted octanol–water partition coefficient (Wildman–Crippen LogP) is 3.35. The van der Waals surface area contributed by atoms with Gasteiger partial charge in [0.05, 0.1) is 26.7 Å². The average Bonchev–Trinajstić information content (AvgIpc) is 3.74. The fourth-order valence-electron chi connectivity index (χ4n) is 5.48. The molecule has 0 radical (unpaired) electrons. The molecule has 4 aromatic rings. The van der Waals surface area contributed by atoms with Crippen LogP contribution in [0.25, 0.3) is 21.9 Å². The van der Waals surface area contributed by atoms with Gasteiger partial charge in [0, 0.05) is 5.39 Å². The van der Waals surface area contributed by atoms with E-state index in [2.05, 4.69) is 20.0 Å². The molecule has 0 amide bonds. The molecular formula is C31H39N6O9P. The molecule has 16 heteroatoms. The van der Waals surface area contributed by atoms with Gasteiger partial charge in [-0.15, -0.1) is 0 Å². The lowest BCUT2D eigenvalue weighted by atomic mass is 9.96. The summed E-state index contributed by atoms with van der Waals surface area (Å²) in [4.78, 5) is 25.7. The highest BCUT2D eigenvalue weighted by Crippen LogP contribution is 2.49. The molecule has 1 aliphatic heterocycles. The number of nitrogens with two attached hydrogens (primary N) is 1. The van der Waals surface area contributed by atoms with Gasteiger partial charge in [0.25, 0.3) is 0 Å². The minimum absolute atomic E-state index is 0.0952. The van der Waals surface area contributed by atoms with Crippen LogP contribution in [-0.4, -0.2) is 79.9 Å². The van der Waals surface area contributed by atoms with Crippen LogP contribution in [0.3, 0.4) is 0 Å². The van der Waals surface area contributed by atoms with Crippen molar-refractivity contribution in [3.8, 4) is 11.6 Å². The largest absolute Gasteiger partial charge is 0.479 e. The summed E-state index contributed by atoms with van der Waals surface area (Å²) in [5, 5.41) is 27.0. The Bertz CT molecular complexity index is 1810. The number of imidazole rings is 1. The van der Waals surface area contributed by atoms with Gasteiger partial charge >= 0.3 is 13.7 Å². The molecule has 5 N–H and O–H groups in total. The van der Waals surface area contributed by atoms with Crippen LogP contribution in [0.2, 0.25) is 0 Å². The summed E-state index contributed by atoms with van der Waals surface area (Å²) in [6.07, 6.45) is -0.609. The topological polar surface area (TPSA) is 202 Å². The maximum absolute atomic E-state index is 14.6. The lowest BCUT2D eigenvalue weighted by Crippen LogP contribution is -2.45. The number of fused-ring (bicyclic) bond motifs is 2. The van der Waals surface area contributed by atoms with Gasteiger partial charge in [0.2, 0.25) is 11.8 Å². The van der Waals surface area contributed by atoms with E-state index in [1.807, 2.05) is 30.3 Å². The number of aromatic nitrogens is 4. The van der Waals surface area contributed by atoms with E-state index in [1.165, 1.54) is 24.9 Å². The molecule has 2 aromatic heterocycles. The van der Waals surface area contributed by atoms with Crippen LogP contribution in [0.4, 0.5) is 5.95 Å². The molecule has 6 atom stereocenters. The van der Waals surface area contributed by atoms with Crippen LogP contribution in [0.5, 0.6) is 11.6 Å². The lowest BCUT2D eigenvalue weighted by molar-refractivity contribution is -0.147. The summed E-state index contributed by atoms with van der Waals surface area (Å²) in [6.45, 7) is 4.72. The van der Waals surface area contributed by atoms with Crippen molar-refractivity contribution in [2.24, 2.45) is 11.8 Å². The second-order valence-corrected chi connectivity index (χ2v) is 14.1. The van der Waals surface area contributed by atoms with E-state index in [0.29, 0.717) is 11.3 Å². The Morgan fingerprint density at radius 1 is 1.19 bits per heavy atom. The minimum atomic E-state index is -4.39. The third-order valence-electron chi connectivity index (χ3n) is 8.36. The van der Waals surface area contributed by atoms with Crippen molar-refractivity contribution in [2.75, 3.05) is 26.1 Å². The number of methoxy groups -OCH3 is 1. The van der Waals surface area contributed by atoms with E-state index >= 15 is 0 Å². The molecule has 2 aliphatic rings. The van der Waals surface area contributed by atoms with E-state index in [4.69, 9.17) is 29.0 Å². The number of benzene rings is 2. The molecule has 6 rings (SSSR count). The Kier molecular flexibility index (Phi) is 9.13. The van der Waals surface area contributed by atoms with Gasteiger partial charge in [-0.1, -0.05) is 50.2 Å². The molecule has 47 heavy (non-hydrogen) atoms. The molecule has 0 spiro atoms. The smallest absolute Gasteiger partial charge is 0.459 e. The molecule has 0 bridgehead atoms. The number of nitrogen functional groups attached to an aromatic ring is 1. The fourth-order valence-corrected chi connectivity index (χ4v) is 7.17. The first kappa shape index (κ1) is 33.1. The Morgan fingerprint density at radius 2 is 1.94 bits per heavy atom. The van der Waals surface area contributed by atoms with Crippen LogP contribution < -0.4 is 20.1 Å². The highest BCUT2D eigenvalue weighted by atomic mass is 31.2. The lowest BCUT2D eigenvalue weighted by Gasteiger charge is -2.28. The van der Waals surface area contributed by atoms with E-state index in [9.17, 15) is 19.6 Å². The zero-order valence-electron chi connectivity index (χ0n) is 26.5. The number of aliphatic hydroxyl groups excluding tert-OH is 1. The highest BCUT2D eigenvalue weighted by molar-refractivity contribution is 7.52. The van der Waals surface area contributed by atoms with Crippen LogP contribution in [0.15, 0.2) is 48.8 Å². The van der Waals surface area contributed by atoms with Crippen LogP contribution in [-0.2, 0) is 23.4 Å². The van der Waals surface area contributed by atoms with Crippen LogP contribution in [0.1, 0.15) is 39.8 Å². The summed E-state index contributed by atoms with van der Waals surface area (Å²) in [7, 11) is -2.99. The van der Waals surface area contributed by atoms with Crippen molar-refractivity contribution in [3.05, 3.63) is 48.8 Å². The third-order valence-corrected chi connectivity index (χ3v) is 9.88. The third kappa shape index (κ3) is 6.77. The van der Waals surface area contributed by atoms with Crippen LogP contribution in [0, 0.1) is 11.8 Å². The average molecular weight is 671 g/mol. The van der Waals surface area contributed by atoms with Gasteiger partial charge in [0.15, 0.2) is 17.4 Å². The number of carbonyl (C=O) groups is 1. The Hall–Kier alpha value is -3.85. The van der Waals surface area contributed by atoms with Crippen molar-refractivity contribution in [3.63, 3.8) is 0 Å². The molecule has 1 aliphatic carbocycles. The number of ether oxygens (including phenoxy) is 3. The van der Waals surface area contributed by atoms with Crippen molar-refractivity contribution < 1.29 is 42.8 Å². The minimum Gasteiger partial charge on any atom is -0.479 e. The number of nitrogens with zero attached hydrogens (tertiary/aromatic N) is 4. The van der Waals surface area contributed by atoms with E-state index in [1.54, 1.807) is 26.0 Å². The maximum Gasteiger partial charge on any atom is 0.459 e. The Balaban J connectivity index is 1.27. The summed E-state index contributed by atoms with van der Waals surface area (Å²) in [6, 6.07) is 11.6. The van der Waals surface area contributed by atoms with Crippen molar-refractivity contribution in [2.45, 2.75) is 63.7 Å². The molecule has 2 aromatic carbocycles. The van der Waals surface area contributed by atoms with E-state index in [-0.39, 0.29) is 41.3 Å². The van der Waals surface area contributed by atoms with E-state index in [0.717, 1.165) is 18.2 Å². The van der Waals surface area contributed by atoms with E-state index < -0.39 is 50.4 Å². The molecule has 1 saturated carbocycles. The van der Waals surface area contributed by atoms with Gasteiger partial charge < -0.3 is 34.7 Å². The van der Waals surface area contributed by atoms with Gasteiger partial charge in [-0.2, -0.15) is 15.1 Å². The number of rotatable bonds is 13. The number of carbonyl (C=O) groups excluding carboxylic acids is 1. The van der Waals surface area contributed by atoms with Gasteiger partial charge in [0.1, 0.15) is 29.6 Å². The zero-order valence-corrected chi connectivity index (χ0v) is 27.4. The molecule has 15 nitrogen and oxygen atoms in total. The quantitative estimate of drug-likeness (QED) is 0.119. The number of hydrogen-bond donors (Lipinski definition) is 4. The Labute approximate surface area is 270 Å². The predicted molar refractivity (Wildman–Crippen MR) is 170 cm³/mol. The monoisotopic (exact) mass is 670 g/mol.